The van der Waals surface area contributed by atoms with E-state index in [2.05, 4.69) is 10.5 Å². The van der Waals surface area contributed by atoms with Crippen molar-refractivity contribution >= 4 is 33.8 Å². The summed E-state index contributed by atoms with van der Waals surface area (Å²) in [6.07, 6.45) is 1.39. The van der Waals surface area contributed by atoms with E-state index in [-0.39, 0.29) is 23.0 Å². The third kappa shape index (κ3) is 6.89. The molecule has 0 atom stereocenters. The number of carbonyl (C=O) groups excluding carboxylic acids is 1. The number of nitrogens with one attached hydrogen (secondary N) is 1. The van der Waals surface area contributed by atoms with Crippen LogP contribution in [0.25, 0.3) is 0 Å². The van der Waals surface area contributed by atoms with E-state index in [1.54, 1.807) is 37.3 Å². The van der Waals surface area contributed by atoms with Crippen LogP contribution < -0.4 is 23.8 Å². The summed E-state index contributed by atoms with van der Waals surface area (Å²) in [6.45, 7) is 4.34. The number of hydrogen-bond donors (Lipinski definition) is 1. The van der Waals surface area contributed by atoms with E-state index in [1.165, 1.54) is 43.7 Å². The van der Waals surface area contributed by atoms with Gasteiger partial charge in [0.05, 0.1) is 26.5 Å². The Labute approximate surface area is 214 Å². The summed E-state index contributed by atoms with van der Waals surface area (Å²) in [5.74, 6) is 0.713. The molecular weight excluding hydrogens is 508 g/mol. The zero-order chi connectivity index (χ0) is 26.1. The molecule has 0 radical (unpaired) electrons. The second-order valence-corrected chi connectivity index (χ2v) is 9.11. The number of amides is 1. The first kappa shape index (κ1) is 26.8. The van der Waals surface area contributed by atoms with Gasteiger partial charge < -0.3 is 18.4 Å². The standard InChI is InChI=1S/C25H25ClN2O7S/c1-4-33-21-13-7-18(15-23(21)32-3)25(29)28-27-16-17-6-12-22(24(14-17)34-5-2)35-36(30,31)20-10-8-19(26)9-11-20/h6-16H,4-5H2,1-3H3,(H,28,29)/b27-16+. The van der Waals surface area contributed by atoms with Gasteiger partial charge in [0, 0.05) is 10.6 Å². The highest BCUT2D eigenvalue weighted by atomic mass is 35.5. The second kappa shape index (κ2) is 12.3. The number of nitrogens with zero attached hydrogens (tertiary/aromatic N) is 1. The Morgan fingerprint density at radius 2 is 1.58 bits per heavy atom. The van der Waals surface area contributed by atoms with E-state index in [9.17, 15) is 13.2 Å². The summed E-state index contributed by atoms with van der Waals surface area (Å²) in [5.41, 5.74) is 3.31. The van der Waals surface area contributed by atoms with Gasteiger partial charge in [-0.25, -0.2) is 5.43 Å². The first-order valence-corrected chi connectivity index (χ1v) is 12.7. The van der Waals surface area contributed by atoms with Crippen LogP contribution in [0.3, 0.4) is 0 Å². The largest absolute Gasteiger partial charge is 0.493 e. The van der Waals surface area contributed by atoms with Crippen LogP contribution in [0.4, 0.5) is 0 Å². The molecule has 0 aliphatic heterocycles. The average Bonchev–Trinajstić information content (AvgIpc) is 2.86. The van der Waals surface area contributed by atoms with Crippen LogP contribution in [0.5, 0.6) is 23.0 Å². The summed E-state index contributed by atoms with van der Waals surface area (Å²) in [6, 6.07) is 15.0. The number of hydrogen-bond acceptors (Lipinski definition) is 8. The number of rotatable bonds is 11. The molecule has 0 saturated heterocycles. The smallest absolute Gasteiger partial charge is 0.339 e. The van der Waals surface area contributed by atoms with Gasteiger partial charge in [0.2, 0.25) is 0 Å². The van der Waals surface area contributed by atoms with E-state index in [0.717, 1.165) is 0 Å². The van der Waals surface area contributed by atoms with E-state index in [1.807, 2.05) is 6.92 Å². The highest BCUT2D eigenvalue weighted by Gasteiger charge is 2.19. The lowest BCUT2D eigenvalue weighted by atomic mass is 10.2. The Bertz CT molecular complexity index is 1340. The van der Waals surface area contributed by atoms with Crippen molar-refractivity contribution < 1.29 is 31.6 Å². The fraction of sp³-hybridized carbons (Fsp3) is 0.200. The summed E-state index contributed by atoms with van der Waals surface area (Å²) >= 11 is 5.83. The Hall–Kier alpha value is -3.76. The summed E-state index contributed by atoms with van der Waals surface area (Å²) in [4.78, 5) is 12.4. The molecule has 0 heterocycles. The molecule has 3 aromatic rings. The quantitative estimate of drug-likeness (QED) is 0.217. The molecular formula is C25H25ClN2O7S. The van der Waals surface area contributed by atoms with Crippen molar-refractivity contribution in [3.05, 3.63) is 76.8 Å². The Kier molecular flexibility index (Phi) is 9.15. The Morgan fingerprint density at radius 3 is 2.25 bits per heavy atom. The lowest BCUT2D eigenvalue weighted by molar-refractivity contribution is 0.0954. The summed E-state index contributed by atoms with van der Waals surface area (Å²) < 4.78 is 46.8. The van der Waals surface area contributed by atoms with Crippen LogP contribution in [-0.2, 0) is 10.1 Å². The molecule has 0 bridgehead atoms. The minimum Gasteiger partial charge on any atom is -0.493 e. The van der Waals surface area contributed by atoms with Crippen molar-refractivity contribution in [2.75, 3.05) is 20.3 Å². The normalized spacial score (nSPS) is 11.2. The predicted octanol–water partition coefficient (Wildman–Crippen LogP) is 4.68. The molecule has 0 fully saturated rings. The molecule has 0 spiro atoms. The molecule has 0 aliphatic rings. The topological polar surface area (TPSA) is 113 Å². The van der Waals surface area contributed by atoms with Gasteiger partial charge in [0.1, 0.15) is 4.90 Å². The van der Waals surface area contributed by atoms with Crippen LogP contribution in [0.2, 0.25) is 5.02 Å². The fourth-order valence-electron chi connectivity index (χ4n) is 3.02. The number of halogens is 1. The van der Waals surface area contributed by atoms with Crippen LogP contribution >= 0.6 is 11.6 Å². The van der Waals surface area contributed by atoms with Gasteiger partial charge in [-0.05, 0) is 80.1 Å². The maximum atomic E-state index is 12.6. The van der Waals surface area contributed by atoms with E-state index in [0.29, 0.717) is 34.3 Å². The minimum atomic E-state index is -4.10. The van der Waals surface area contributed by atoms with Crippen LogP contribution in [0.15, 0.2) is 70.7 Å². The minimum absolute atomic E-state index is 0.00877. The van der Waals surface area contributed by atoms with Crippen LogP contribution in [-0.4, -0.2) is 40.9 Å². The predicted molar refractivity (Wildman–Crippen MR) is 136 cm³/mol. The van der Waals surface area contributed by atoms with Gasteiger partial charge in [0.15, 0.2) is 23.0 Å². The van der Waals surface area contributed by atoms with Crippen molar-refractivity contribution in [2.24, 2.45) is 5.10 Å². The molecule has 0 aliphatic carbocycles. The second-order valence-electron chi connectivity index (χ2n) is 7.13. The molecule has 190 valence electrons. The maximum absolute atomic E-state index is 12.6. The first-order chi connectivity index (χ1) is 17.3. The average molecular weight is 533 g/mol. The molecule has 36 heavy (non-hydrogen) atoms. The van der Waals surface area contributed by atoms with Gasteiger partial charge >= 0.3 is 10.1 Å². The SMILES string of the molecule is CCOc1ccc(C(=O)N/N=C/c2ccc(OS(=O)(=O)c3ccc(Cl)cc3)c(OCC)c2)cc1OC. The molecule has 0 saturated carbocycles. The summed E-state index contributed by atoms with van der Waals surface area (Å²) in [7, 11) is -2.62. The lowest BCUT2D eigenvalue weighted by Gasteiger charge is -2.12. The summed E-state index contributed by atoms with van der Waals surface area (Å²) in [5, 5.41) is 4.37. The Morgan fingerprint density at radius 1 is 0.917 bits per heavy atom. The molecule has 1 amide bonds. The zero-order valence-electron chi connectivity index (χ0n) is 19.9. The van der Waals surface area contributed by atoms with Crippen LogP contribution in [0, 0.1) is 0 Å². The van der Waals surface area contributed by atoms with Gasteiger partial charge in [-0.1, -0.05) is 11.6 Å². The van der Waals surface area contributed by atoms with Crippen LogP contribution in [0.1, 0.15) is 29.8 Å². The third-order valence-electron chi connectivity index (χ3n) is 4.67. The van der Waals surface area contributed by atoms with Gasteiger partial charge in [-0.2, -0.15) is 13.5 Å². The highest BCUT2D eigenvalue weighted by Crippen LogP contribution is 2.31. The van der Waals surface area contributed by atoms with Crippen molar-refractivity contribution in [2.45, 2.75) is 18.7 Å². The van der Waals surface area contributed by atoms with Gasteiger partial charge in [0.25, 0.3) is 5.91 Å². The van der Waals surface area contributed by atoms with Crippen molar-refractivity contribution in [3.8, 4) is 23.0 Å². The van der Waals surface area contributed by atoms with Crippen molar-refractivity contribution in [3.63, 3.8) is 0 Å². The molecule has 3 rings (SSSR count). The van der Waals surface area contributed by atoms with Crippen molar-refractivity contribution in [1.82, 2.24) is 5.43 Å². The molecule has 9 nitrogen and oxygen atoms in total. The molecule has 0 unspecified atom stereocenters. The molecule has 0 aromatic heterocycles. The van der Waals surface area contributed by atoms with E-state index < -0.39 is 16.0 Å². The fourth-order valence-corrected chi connectivity index (χ4v) is 4.09. The maximum Gasteiger partial charge on any atom is 0.339 e. The third-order valence-corrected chi connectivity index (χ3v) is 6.18. The van der Waals surface area contributed by atoms with E-state index >= 15 is 0 Å². The molecule has 11 heteroatoms. The number of methoxy groups -OCH3 is 1. The van der Waals surface area contributed by atoms with Gasteiger partial charge in [-0.3, -0.25) is 4.79 Å². The highest BCUT2D eigenvalue weighted by molar-refractivity contribution is 7.87. The molecule has 3 aromatic carbocycles. The Balaban J connectivity index is 1.73. The number of hydrazone groups is 1. The number of carbonyl (C=O) groups is 1. The van der Waals surface area contributed by atoms with Gasteiger partial charge in [-0.15, -0.1) is 0 Å². The van der Waals surface area contributed by atoms with E-state index in [4.69, 9.17) is 30.0 Å². The monoisotopic (exact) mass is 532 g/mol. The zero-order valence-corrected chi connectivity index (χ0v) is 21.4. The molecule has 1 N–H and O–H groups in total. The number of benzene rings is 3. The number of ether oxygens (including phenoxy) is 3. The van der Waals surface area contributed by atoms with Crippen molar-refractivity contribution in [1.29, 1.82) is 0 Å². The lowest BCUT2D eigenvalue weighted by Crippen LogP contribution is -2.17. The first-order valence-electron chi connectivity index (χ1n) is 10.9.